The van der Waals surface area contributed by atoms with Gasteiger partial charge in [0.1, 0.15) is 0 Å². The van der Waals surface area contributed by atoms with Crippen molar-refractivity contribution in [1.29, 1.82) is 0 Å². The summed E-state index contributed by atoms with van der Waals surface area (Å²) < 4.78 is 36.3. The van der Waals surface area contributed by atoms with Gasteiger partial charge in [-0.3, -0.25) is 4.79 Å². The summed E-state index contributed by atoms with van der Waals surface area (Å²) in [6.07, 6.45) is -4.86. The van der Waals surface area contributed by atoms with Gasteiger partial charge < -0.3 is 5.32 Å². The van der Waals surface area contributed by atoms with Crippen LogP contribution in [-0.4, -0.2) is 12.1 Å². The van der Waals surface area contributed by atoms with E-state index in [-0.39, 0.29) is 11.6 Å². The molecule has 1 N–H and O–H groups in total. The SMILES string of the molecule is Cc1ccc(C(C)C)cc1NC(=O)C(F)(F)F. The highest BCUT2D eigenvalue weighted by molar-refractivity contribution is 5.95. The minimum Gasteiger partial charge on any atom is -0.318 e. The second-order valence-electron chi connectivity index (χ2n) is 4.18. The maximum atomic E-state index is 12.1. The number of amides is 1. The molecule has 2 nitrogen and oxygen atoms in total. The highest BCUT2D eigenvalue weighted by Crippen LogP contribution is 2.24. The Kier molecular flexibility index (Phi) is 3.80. The Morgan fingerprint density at radius 2 is 1.88 bits per heavy atom. The molecule has 17 heavy (non-hydrogen) atoms. The maximum absolute atomic E-state index is 12.1. The summed E-state index contributed by atoms with van der Waals surface area (Å²) in [5.74, 6) is -1.75. The highest BCUT2D eigenvalue weighted by atomic mass is 19.4. The number of rotatable bonds is 2. The van der Waals surface area contributed by atoms with Crippen LogP contribution in [0.2, 0.25) is 0 Å². The van der Waals surface area contributed by atoms with E-state index in [2.05, 4.69) is 0 Å². The first-order valence-electron chi connectivity index (χ1n) is 5.20. The van der Waals surface area contributed by atoms with E-state index in [1.54, 1.807) is 19.1 Å². The number of anilines is 1. The molecule has 1 aromatic carbocycles. The van der Waals surface area contributed by atoms with Crippen molar-refractivity contribution in [2.24, 2.45) is 0 Å². The highest BCUT2D eigenvalue weighted by Gasteiger charge is 2.38. The second kappa shape index (κ2) is 4.77. The number of halogens is 3. The van der Waals surface area contributed by atoms with Gasteiger partial charge in [-0.25, -0.2) is 0 Å². The fraction of sp³-hybridized carbons (Fsp3) is 0.417. The van der Waals surface area contributed by atoms with Gasteiger partial charge in [0.2, 0.25) is 0 Å². The number of benzene rings is 1. The summed E-state index contributed by atoms with van der Waals surface area (Å²) in [7, 11) is 0. The van der Waals surface area contributed by atoms with Gasteiger partial charge in [0.25, 0.3) is 0 Å². The number of carbonyl (C=O) groups excluding carboxylic acids is 1. The molecular formula is C12H14F3NO. The zero-order chi connectivity index (χ0) is 13.2. The van der Waals surface area contributed by atoms with Crippen LogP contribution in [-0.2, 0) is 4.79 Å². The Morgan fingerprint density at radius 1 is 1.29 bits per heavy atom. The van der Waals surface area contributed by atoms with Gasteiger partial charge in [0.05, 0.1) is 0 Å². The number of aryl methyl sites for hydroxylation is 1. The Hall–Kier alpha value is -1.52. The van der Waals surface area contributed by atoms with Gasteiger partial charge in [0.15, 0.2) is 0 Å². The Bertz CT molecular complexity index is 424. The van der Waals surface area contributed by atoms with Gasteiger partial charge in [-0.1, -0.05) is 26.0 Å². The molecule has 0 fully saturated rings. The predicted octanol–water partition coefficient (Wildman–Crippen LogP) is 3.62. The molecule has 0 saturated heterocycles. The first-order valence-corrected chi connectivity index (χ1v) is 5.20. The molecule has 0 spiro atoms. The second-order valence-corrected chi connectivity index (χ2v) is 4.18. The van der Waals surface area contributed by atoms with E-state index in [0.717, 1.165) is 5.56 Å². The first kappa shape index (κ1) is 13.5. The quantitative estimate of drug-likeness (QED) is 0.847. The summed E-state index contributed by atoms with van der Waals surface area (Å²) in [6.45, 7) is 5.51. The molecule has 0 atom stereocenters. The zero-order valence-electron chi connectivity index (χ0n) is 9.85. The van der Waals surface area contributed by atoms with Crippen molar-refractivity contribution < 1.29 is 18.0 Å². The average molecular weight is 245 g/mol. The van der Waals surface area contributed by atoms with E-state index in [9.17, 15) is 18.0 Å². The molecule has 0 aliphatic rings. The van der Waals surface area contributed by atoms with E-state index < -0.39 is 12.1 Å². The van der Waals surface area contributed by atoms with Gasteiger partial charge >= 0.3 is 12.1 Å². The molecule has 1 amide bonds. The summed E-state index contributed by atoms with van der Waals surface area (Å²) in [5.41, 5.74) is 1.69. The van der Waals surface area contributed by atoms with E-state index in [1.165, 1.54) is 0 Å². The van der Waals surface area contributed by atoms with E-state index in [0.29, 0.717) is 5.56 Å². The third kappa shape index (κ3) is 3.47. The van der Waals surface area contributed by atoms with Crippen LogP contribution in [0.4, 0.5) is 18.9 Å². The van der Waals surface area contributed by atoms with Crippen molar-refractivity contribution in [1.82, 2.24) is 0 Å². The Morgan fingerprint density at radius 3 is 2.35 bits per heavy atom. The standard InChI is InChI=1S/C12H14F3NO/c1-7(2)9-5-4-8(3)10(6-9)16-11(17)12(13,14)15/h4-7H,1-3H3,(H,16,17). The number of carbonyl (C=O) groups is 1. The van der Waals surface area contributed by atoms with Crippen molar-refractivity contribution >= 4 is 11.6 Å². The summed E-state index contributed by atoms with van der Waals surface area (Å²) in [4.78, 5) is 10.8. The van der Waals surface area contributed by atoms with Crippen LogP contribution in [0.1, 0.15) is 30.9 Å². The molecule has 0 bridgehead atoms. The lowest BCUT2D eigenvalue weighted by Crippen LogP contribution is -2.30. The number of nitrogens with one attached hydrogen (secondary N) is 1. The fourth-order valence-electron chi connectivity index (χ4n) is 1.33. The van der Waals surface area contributed by atoms with Gasteiger partial charge in [-0.05, 0) is 30.0 Å². The van der Waals surface area contributed by atoms with Crippen molar-refractivity contribution in [2.45, 2.75) is 32.9 Å². The number of hydrogen-bond donors (Lipinski definition) is 1. The minimum absolute atomic E-state index is 0.192. The van der Waals surface area contributed by atoms with Crippen LogP contribution < -0.4 is 5.32 Å². The largest absolute Gasteiger partial charge is 0.471 e. The van der Waals surface area contributed by atoms with Crippen molar-refractivity contribution in [3.63, 3.8) is 0 Å². The normalized spacial score (nSPS) is 11.7. The van der Waals surface area contributed by atoms with Gasteiger partial charge in [-0.15, -0.1) is 0 Å². The third-order valence-electron chi connectivity index (χ3n) is 2.43. The number of alkyl halides is 3. The smallest absolute Gasteiger partial charge is 0.318 e. The van der Waals surface area contributed by atoms with Crippen molar-refractivity contribution in [2.75, 3.05) is 5.32 Å². The zero-order valence-corrected chi connectivity index (χ0v) is 9.85. The van der Waals surface area contributed by atoms with Gasteiger partial charge in [-0.2, -0.15) is 13.2 Å². The van der Waals surface area contributed by atoms with Crippen LogP contribution in [0.5, 0.6) is 0 Å². The van der Waals surface area contributed by atoms with Gasteiger partial charge in [0, 0.05) is 5.69 Å². The monoisotopic (exact) mass is 245 g/mol. The molecule has 0 saturated carbocycles. The molecule has 1 aromatic rings. The van der Waals surface area contributed by atoms with Crippen molar-refractivity contribution in [3.8, 4) is 0 Å². The minimum atomic E-state index is -4.86. The molecule has 0 aliphatic heterocycles. The fourth-order valence-corrected chi connectivity index (χ4v) is 1.33. The predicted molar refractivity (Wildman–Crippen MR) is 60.0 cm³/mol. The van der Waals surface area contributed by atoms with Crippen molar-refractivity contribution in [3.05, 3.63) is 29.3 Å². The molecule has 5 heteroatoms. The van der Waals surface area contributed by atoms with Crippen LogP contribution in [0.3, 0.4) is 0 Å². The molecule has 0 unspecified atom stereocenters. The molecule has 0 aromatic heterocycles. The molecule has 94 valence electrons. The lowest BCUT2D eigenvalue weighted by atomic mass is 10.0. The third-order valence-corrected chi connectivity index (χ3v) is 2.43. The summed E-state index contributed by atoms with van der Waals surface area (Å²) in [6, 6.07) is 5.11. The summed E-state index contributed by atoms with van der Waals surface area (Å²) in [5, 5.41) is 1.88. The van der Waals surface area contributed by atoms with Crippen LogP contribution >= 0.6 is 0 Å². The van der Waals surface area contributed by atoms with Crippen LogP contribution in [0.15, 0.2) is 18.2 Å². The van der Waals surface area contributed by atoms with Crippen LogP contribution in [0.25, 0.3) is 0 Å². The summed E-state index contributed by atoms with van der Waals surface area (Å²) >= 11 is 0. The molecule has 0 aliphatic carbocycles. The molecule has 0 heterocycles. The molecule has 1 rings (SSSR count). The van der Waals surface area contributed by atoms with E-state index in [1.807, 2.05) is 25.2 Å². The lowest BCUT2D eigenvalue weighted by Gasteiger charge is -2.13. The average Bonchev–Trinajstić information content (AvgIpc) is 2.19. The van der Waals surface area contributed by atoms with Crippen LogP contribution in [0, 0.1) is 6.92 Å². The Labute approximate surface area is 97.8 Å². The van der Waals surface area contributed by atoms with E-state index >= 15 is 0 Å². The molecular weight excluding hydrogens is 231 g/mol. The maximum Gasteiger partial charge on any atom is 0.471 e. The Balaban J connectivity index is 2.98. The lowest BCUT2D eigenvalue weighted by molar-refractivity contribution is -0.167. The topological polar surface area (TPSA) is 29.1 Å². The first-order chi connectivity index (χ1) is 7.71. The van der Waals surface area contributed by atoms with E-state index in [4.69, 9.17) is 0 Å². The molecule has 0 radical (unpaired) electrons. The number of hydrogen-bond acceptors (Lipinski definition) is 1.